The molecule has 1 fully saturated rings. The van der Waals surface area contributed by atoms with Crippen LogP contribution in [0.2, 0.25) is 0 Å². The monoisotopic (exact) mass is 300 g/mol. The molecular weight excluding hydrogens is 279 g/mol. The Morgan fingerprint density at radius 2 is 1.95 bits per heavy atom. The third-order valence-corrected chi connectivity index (χ3v) is 5.91. The fourth-order valence-corrected chi connectivity index (χ4v) is 4.68. The standard InChI is InChI=1S/C14H21FN2O2S/c1-3-17(11-6-4-5-7-11)20(18,19)12-8-10(2)14(15)13(16)9-12/h8-9,11H,3-7,16H2,1-2H3. The highest BCUT2D eigenvalue weighted by molar-refractivity contribution is 7.89. The third kappa shape index (κ3) is 2.67. The summed E-state index contributed by atoms with van der Waals surface area (Å²) in [6.07, 6.45) is 3.90. The molecule has 0 radical (unpaired) electrons. The van der Waals surface area contributed by atoms with Crippen molar-refractivity contribution in [2.45, 2.75) is 50.5 Å². The summed E-state index contributed by atoms with van der Waals surface area (Å²) >= 11 is 0. The molecule has 20 heavy (non-hydrogen) atoms. The second-order valence-corrected chi connectivity index (χ2v) is 7.18. The topological polar surface area (TPSA) is 63.4 Å². The molecule has 0 amide bonds. The van der Waals surface area contributed by atoms with Crippen molar-refractivity contribution >= 4 is 15.7 Å². The Balaban J connectivity index is 2.42. The molecule has 0 bridgehead atoms. The van der Waals surface area contributed by atoms with Crippen LogP contribution in [0.4, 0.5) is 10.1 Å². The number of aryl methyl sites for hydroxylation is 1. The molecule has 0 unspecified atom stereocenters. The molecule has 1 saturated carbocycles. The van der Waals surface area contributed by atoms with Gasteiger partial charge in [0.1, 0.15) is 5.82 Å². The van der Waals surface area contributed by atoms with E-state index in [1.54, 1.807) is 0 Å². The molecule has 0 saturated heterocycles. The predicted molar refractivity (Wildman–Crippen MR) is 77.4 cm³/mol. The van der Waals surface area contributed by atoms with Crippen LogP contribution in [0.3, 0.4) is 0 Å². The van der Waals surface area contributed by atoms with Gasteiger partial charge in [-0.2, -0.15) is 4.31 Å². The van der Waals surface area contributed by atoms with Gasteiger partial charge in [-0.3, -0.25) is 0 Å². The summed E-state index contributed by atoms with van der Waals surface area (Å²) in [6.45, 7) is 3.77. The molecule has 2 rings (SSSR count). The van der Waals surface area contributed by atoms with Crippen molar-refractivity contribution in [1.82, 2.24) is 4.31 Å². The number of hydrogen-bond donors (Lipinski definition) is 1. The number of anilines is 1. The third-order valence-electron chi connectivity index (χ3n) is 3.91. The largest absolute Gasteiger partial charge is 0.396 e. The molecule has 4 nitrogen and oxygen atoms in total. The van der Waals surface area contributed by atoms with E-state index < -0.39 is 15.8 Å². The Bertz CT molecular complexity index is 572. The van der Waals surface area contributed by atoms with Crippen LogP contribution < -0.4 is 5.73 Å². The lowest BCUT2D eigenvalue weighted by Crippen LogP contribution is -2.38. The molecule has 1 aromatic carbocycles. The molecule has 0 heterocycles. The highest BCUT2D eigenvalue weighted by Gasteiger charge is 2.32. The van der Waals surface area contributed by atoms with Gasteiger partial charge in [0.2, 0.25) is 10.0 Å². The van der Waals surface area contributed by atoms with Crippen LogP contribution >= 0.6 is 0 Å². The number of rotatable bonds is 4. The van der Waals surface area contributed by atoms with E-state index in [0.29, 0.717) is 6.54 Å². The molecule has 0 atom stereocenters. The summed E-state index contributed by atoms with van der Waals surface area (Å²) < 4.78 is 40.5. The maximum atomic E-state index is 13.5. The van der Waals surface area contributed by atoms with Crippen LogP contribution in [0.25, 0.3) is 0 Å². The minimum Gasteiger partial charge on any atom is -0.396 e. The zero-order valence-electron chi connectivity index (χ0n) is 11.9. The van der Waals surface area contributed by atoms with Crippen LogP contribution in [0.1, 0.15) is 38.2 Å². The zero-order valence-corrected chi connectivity index (χ0v) is 12.7. The maximum Gasteiger partial charge on any atom is 0.243 e. The summed E-state index contributed by atoms with van der Waals surface area (Å²) in [4.78, 5) is 0.0858. The molecule has 1 aliphatic rings. The van der Waals surface area contributed by atoms with E-state index in [1.165, 1.54) is 23.4 Å². The van der Waals surface area contributed by atoms with Gasteiger partial charge in [-0.25, -0.2) is 12.8 Å². The van der Waals surface area contributed by atoms with Gasteiger partial charge in [-0.05, 0) is 37.5 Å². The molecule has 0 aromatic heterocycles. The van der Waals surface area contributed by atoms with Crippen LogP contribution in [0.15, 0.2) is 17.0 Å². The Morgan fingerprint density at radius 1 is 1.35 bits per heavy atom. The minimum absolute atomic E-state index is 0.0524. The van der Waals surface area contributed by atoms with E-state index in [1.807, 2.05) is 6.92 Å². The van der Waals surface area contributed by atoms with Crippen molar-refractivity contribution in [2.75, 3.05) is 12.3 Å². The van der Waals surface area contributed by atoms with Crippen molar-refractivity contribution in [1.29, 1.82) is 0 Å². The molecule has 0 aliphatic heterocycles. The molecule has 112 valence electrons. The zero-order chi connectivity index (χ0) is 14.9. The Kier molecular flexibility index (Phi) is 4.34. The van der Waals surface area contributed by atoms with Crippen molar-refractivity contribution in [2.24, 2.45) is 0 Å². The fraction of sp³-hybridized carbons (Fsp3) is 0.571. The molecule has 6 heteroatoms. The normalized spacial score (nSPS) is 17.0. The van der Waals surface area contributed by atoms with Gasteiger partial charge in [0.25, 0.3) is 0 Å². The van der Waals surface area contributed by atoms with E-state index in [2.05, 4.69) is 0 Å². The van der Waals surface area contributed by atoms with Crippen LogP contribution in [-0.4, -0.2) is 25.3 Å². The van der Waals surface area contributed by atoms with E-state index in [0.717, 1.165) is 25.7 Å². The lowest BCUT2D eigenvalue weighted by Gasteiger charge is -2.27. The summed E-state index contributed by atoms with van der Waals surface area (Å²) in [7, 11) is -3.61. The lowest BCUT2D eigenvalue weighted by molar-refractivity contribution is 0.335. The lowest BCUT2D eigenvalue weighted by atomic mass is 10.2. The van der Waals surface area contributed by atoms with Crippen molar-refractivity contribution in [3.8, 4) is 0 Å². The summed E-state index contributed by atoms with van der Waals surface area (Å²) in [5, 5.41) is 0. The number of nitrogens with zero attached hydrogens (tertiary/aromatic N) is 1. The van der Waals surface area contributed by atoms with Crippen LogP contribution in [0.5, 0.6) is 0 Å². The van der Waals surface area contributed by atoms with E-state index in [4.69, 9.17) is 5.73 Å². The number of hydrogen-bond acceptors (Lipinski definition) is 3. The first kappa shape index (κ1) is 15.3. The number of sulfonamides is 1. The van der Waals surface area contributed by atoms with Gasteiger partial charge in [0.15, 0.2) is 0 Å². The average molecular weight is 300 g/mol. The van der Waals surface area contributed by atoms with E-state index in [9.17, 15) is 12.8 Å². The van der Waals surface area contributed by atoms with Crippen molar-refractivity contribution in [3.63, 3.8) is 0 Å². The SMILES string of the molecule is CCN(C1CCCC1)S(=O)(=O)c1cc(C)c(F)c(N)c1. The molecule has 2 N–H and O–H groups in total. The number of nitrogens with two attached hydrogens (primary N) is 1. The summed E-state index contributed by atoms with van der Waals surface area (Å²) in [6, 6.07) is 2.63. The average Bonchev–Trinajstić information content (AvgIpc) is 2.89. The second kappa shape index (κ2) is 5.69. The number of halogens is 1. The fourth-order valence-electron chi connectivity index (χ4n) is 2.86. The highest BCUT2D eigenvalue weighted by atomic mass is 32.2. The Morgan fingerprint density at radius 3 is 2.45 bits per heavy atom. The first-order valence-electron chi connectivity index (χ1n) is 6.95. The van der Waals surface area contributed by atoms with Crippen LogP contribution in [0, 0.1) is 12.7 Å². The summed E-state index contributed by atoms with van der Waals surface area (Å²) in [5.74, 6) is -0.548. The van der Waals surface area contributed by atoms with Gasteiger partial charge >= 0.3 is 0 Å². The molecule has 0 spiro atoms. The van der Waals surface area contributed by atoms with Gasteiger partial charge in [-0.15, -0.1) is 0 Å². The quantitative estimate of drug-likeness (QED) is 0.870. The second-order valence-electron chi connectivity index (χ2n) is 5.29. The summed E-state index contributed by atoms with van der Waals surface area (Å²) in [5.41, 5.74) is 5.69. The van der Waals surface area contributed by atoms with Gasteiger partial charge in [-0.1, -0.05) is 19.8 Å². The first-order valence-corrected chi connectivity index (χ1v) is 8.39. The molecular formula is C14H21FN2O2S. The van der Waals surface area contributed by atoms with E-state index >= 15 is 0 Å². The Labute approximate surface area is 119 Å². The maximum absolute atomic E-state index is 13.5. The Hall–Kier alpha value is -1.14. The molecule has 1 aromatic rings. The van der Waals surface area contributed by atoms with Crippen LogP contribution in [-0.2, 0) is 10.0 Å². The predicted octanol–water partition coefficient (Wildman–Crippen LogP) is 2.67. The number of nitrogen functional groups attached to an aromatic ring is 1. The smallest absolute Gasteiger partial charge is 0.243 e. The van der Waals surface area contributed by atoms with Crippen molar-refractivity contribution < 1.29 is 12.8 Å². The first-order chi connectivity index (χ1) is 9.37. The number of benzene rings is 1. The van der Waals surface area contributed by atoms with Gasteiger partial charge in [0.05, 0.1) is 10.6 Å². The molecule has 1 aliphatic carbocycles. The minimum atomic E-state index is -3.61. The van der Waals surface area contributed by atoms with Gasteiger partial charge < -0.3 is 5.73 Å². The van der Waals surface area contributed by atoms with Gasteiger partial charge in [0, 0.05) is 12.6 Å². The highest BCUT2D eigenvalue weighted by Crippen LogP contribution is 2.30. The van der Waals surface area contributed by atoms with Crippen molar-refractivity contribution in [3.05, 3.63) is 23.5 Å². The van der Waals surface area contributed by atoms with E-state index in [-0.39, 0.29) is 22.2 Å².